The van der Waals surface area contributed by atoms with Crippen molar-refractivity contribution in [1.29, 1.82) is 0 Å². The molecule has 1 aromatic heterocycles. The van der Waals surface area contributed by atoms with E-state index in [0.29, 0.717) is 0 Å². The van der Waals surface area contributed by atoms with Gasteiger partial charge in [0.25, 0.3) is 0 Å². The second-order valence-corrected chi connectivity index (χ2v) is 13.4. The van der Waals surface area contributed by atoms with E-state index in [1.165, 1.54) is 76.7 Å². The van der Waals surface area contributed by atoms with Gasteiger partial charge < -0.3 is 9.88 Å². The number of aromatic nitrogens is 1. The van der Waals surface area contributed by atoms with Crippen molar-refractivity contribution in [1.82, 2.24) is 4.57 Å². The molecule has 0 spiro atoms. The van der Waals surface area contributed by atoms with Crippen LogP contribution in [0.15, 0.2) is 200 Å². The molecule has 10 rings (SSSR count). The van der Waals surface area contributed by atoms with Crippen molar-refractivity contribution in [2.24, 2.45) is 0 Å². The maximum atomic E-state index is 3.92. The van der Waals surface area contributed by atoms with Crippen LogP contribution in [0.3, 0.4) is 0 Å². The summed E-state index contributed by atoms with van der Waals surface area (Å²) in [5.74, 6) is 0. The highest BCUT2D eigenvalue weighted by Gasteiger charge is 2.18. The zero-order valence-corrected chi connectivity index (χ0v) is 28.5. The Balaban J connectivity index is 1.11. The number of fused-ring (bicyclic) bond motifs is 6. The summed E-state index contributed by atoms with van der Waals surface area (Å²) in [6.45, 7) is 0. The second kappa shape index (κ2) is 12.5. The van der Waals surface area contributed by atoms with Crippen LogP contribution in [-0.4, -0.2) is 4.57 Å². The molecule has 0 aliphatic rings. The van der Waals surface area contributed by atoms with Gasteiger partial charge in [-0.3, -0.25) is 0 Å². The van der Waals surface area contributed by atoms with Crippen LogP contribution in [0, 0.1) is 0 Å². The lowest BCUT2D eigenvalue weighted by molar-refractivity contribution is 1.18. The minimum atomic E-state index is 1.04. The molecular weight excluding hydrogens is 629 g/mol. The summed E-state index contributed by atoms with van der Waals surface area (Å²) in [6, 6.07) is 72.1. The fourth-order valence-electron chi connectivity index (χ4n) is 8.01. The van der Waals surface area contributed by atoms with Crippen molar-refractivity contribution >= 4 is 54.7 Å². The third-order valence-corrected chi connectivity index (χ3v) is 10.4. The Kier molecular flexibility index (Phi) is 7.18. The lowest BCUT2D eigenvalue weighted by Crippen LogP contribution is -1.97. The summed E-state index contributed by atoms with van der Waals surface area (Å²) in [6.07, 6.45) is 0. The van der Waals surface area contributed by atoms with Crippen LogP contribution in [0.4, 0.5) is 11.4 Å². The topological polar surface area (TPSA) is 17.0 Å². The third-order valence-electron chi connectivity index (χ3n) is 10.4. The molecule has 2 heteroatoms. The highest BCUT2D eigenvalue weighted by molar-refractivity contribution is 6.21. The van der Waals surface area contributed by atoms with Crippen molar-refractivity contribution in [2.45, 2.75) is 0 Å². The van der Waals surface area contributed by atoms with E-state index in [0.717, 1.165) is 17.1 Å². The number of benzene rings is 9. The quantitative estimate of drug-likeness (QED) is 0.175. The first-order valence-electron chi connectivity index (χ1n) is 17.9. The number of anilines is 2. The maximum absolute atomic E-state index is 3.92. The first kappa shape index (κ1) is 30.0. The first-order chi connectivity index (χ1) is 25.8. The van der Waals surface area contributed by atoms with Gasteiger partial charge in [-0.1, -0.05) is 170 Å². The van der Waals surface area contributed by atoms with Crippen LogP contribution < -0.4 is 5.32 Å². The standard InChI is InChI=1S/C50H34N2/c1-3-14-34(15-4-1)35-26-28-37(29-27-35)48-44-21-9-7-18-41(44)42-19-8-10-22-45(42)49(48)51-38-32-30-36(31-33-38)40-23-13-24-46-43-20-11-12-25-47(43)52(50(40)46)39-16-5-2-6-17-39/h1-33,51H. The third kappa shape index (κ3) is 4.96. The molecule has 0 radical (unpaired) electrons. The van der Waals surface area contributed by atoms with Crippen molar-refractivity contribution in [3.05, 3.63) is 200 Å². The molecule has 1 N–H and O–H groups in total. The lowest BCUT2D eigenvalue weighted by atomic mass is 9.90. The fraction of sp³-hybridized carbons (Fsp3) is 0. The average Bonchev–Trinajstić information content (AvgIpc) is 3.57. The van der Waals surface area contributed by atoms with E-state index in [1.807, 2.05) is 0 Å². The first-order valence-corrected chi connectivity index (χ1v) is 17.9. The van der Waals surface area contributed by atoms with Crippen molar-refractivity contribution < 1.29 is 0 Å². The number of hydrogen-bond donors (Lipinski definition) is 1. The summed E-state index contributed by atoms with van der Waals surface area (Å²) in [7, 11) is 0. The molecule has 0 fully saturated rings. The lowest BCUT2D eigenvalue weighted by Gasteiger charge is -2.20. The van der Waals surface area contributed by atoms with E-state index in [1.54, 1.807) is 0 Å². The summed E-state index contributed by atoms with van der Waals surface area (Å²) in [5.41, 5.74) is 12.9. The molecule has 0 atom stereocenters. The van der Waals surface area contributed by atoms with Crippen molar-refractivity contribution in [2.75, 3.05) is 5.32 Å². The molecular formula is C50H34N2. The Labute approximate surface area is 302 Å². The molecule has 0 aliphatic heterocycles. The molecule has 0 saturated carbocycles. The van der Waals surface area contributed by atoms with Crippen LogP contribution in [0.25, 0.3) is 82.4 Å². The smallest absolute Gasteiger partial charge is 0.0619 e. The SMILES string of the molecule is c1ccc(-c2ccc(-c3c(Nc4ccc(-c5cccc6c7ccccc7n(-c7ccccc7)c56)cc4)c4ccccc4c4ccccc34)cc2)cc1. The van der Waals surface area contributed by atoms with Gasteiger partial charge in [-0.2, -0.15) is 0 Å². The highest BCUT2D eigenvalue weighted by Crippen LogP contribution is 2.45. The zero-order chi connectivity index (χ0) is 34.4. The van der Waals surface area contributed by atoms with E-state index >= 15 is 0 Å². The van der Waals surface area contributed by atoms with E-state index in [-0.39, 0.29) is 0 Å². The molecule has 52 heavy (non-hydrogen) atoms. The van der Waals surface area contributed by atoms with Crippen molar-refractivity contribution in [3.63, 3.8) is 0 Å². The minimum absolute atomic E-state index is 1.04. The Morgan fingerprint density at radius 3 is 1.58 bits per heavy atom. The van der Waals surface area contributed by atoms with Gasteiger partial charge >= 0.3 is 0 Å². The molecule has 0 saturated heterocycles. The van der Waals surface area contributed by atoms with E-state index in [9.17, 15) is 0 Å². The minimum Gasteiger partial charge on any atom is -0.354 e. The molecule has 0 unspecified atom stereocenters. The number of hydrogen-bond acceptors (Lipinski definition) is 1. The summed E-state index contributed by atoms with van der Waals surface area (Å²) >= 11 is 0. The van der Waals surface area contributed by atoms with E-state index in [2.05, 4.69) is 210 Å². The number of rotatable bonds is 6. The Hall–Kier alpha value is -6.90. The maximum Gasteiger partial charge on any atom is 0.0619 e. The normalized spacial score (nSPS) is 11.5. The zero-order valence-electron chi connectivity index (χ0n) is 28.5. The number of nitrogens with zero attached hydrogens (tertiary/aromatic N) is 1. The molecule has 1 heterocycles. The molecule has 244 valence electrons. The van der Waals surface area contributed by atoms with Crippen LogP contribution in [-0.2, 0) is 0 Å². The van der Waals surface area contributed by atoms with Gasteiger partial charge in [-0.05, 0) is 68.7 Å². The van der Waals surface area contributed by atoms with Crippen LogP contribution in [0.1, 0.15) is 0 Å². The summed E-state index contributed by atoms with van der Waals surface area (Å²) < 4.78 is 2.41. The Bertz CT molecular complexity index is 2890. The predicted octanol–water partition coefficient (Wildman–Crippen LogP) is 13.8. The van der Waals surface area contributed by atoms with Gasteiger partial charge in [0, 0.05) is 38.7 Å². The van der Waals surface area contributed by atoms with Gasteiger partial charge in [-0.15, -0.1) is 0 Å². The van der Waals surface area contributed by atoms with E-state index < -0.39 is 0 Å². The average molecular weight is 663 g/mol. The van der Waals surface area contributed by atoms with Gasteiger partial charge in [0.05, 0.1) is 16.7 Å². The van der Waals surface area contributed by atoms with Gasteiger partial charge in [0.2, 0.25) is 0 Å². The highest BCUT2D eigenvalue weighted by atomic mass is 15.0. The summed E-state index contributed by atoms with van der Waals surface area (Å²) in [5, 5.41) is 11.4. The largest absolute Gasteiger partial charge is 0.354 e. The van der Waals surface area contributed by atoms with Gasteiger partial charge in [0.1, 0.15) is 0 Å². The fourth-order valence-corrected chi connectivity index (χ4v) is 8.01. The van der Waals surface area contributed by atoms with Crippen LogP contribution in [0.2, 0.25) is 0 Å². The number of nitrogens with one attached hydrogen (secondary N) is 1. The van der Waals surface area contributed by atoms with Gasteiger partial charge in [0.15, 0.2) is 0 Å². The predicted molar refractivity (Wildman–Crippen MR) is 222 cm³/mol. The van der Waals surface area contributed by atoms with Crippen molar-refractivity contribution in [3.8, 4) is 39.1 Å². The molecule has 2 nitrogen and oxygen atoms in total. The van der Waals surface area contributed by atoms with Gasteiger partial charge in [-0.25, -0.2) is 0 Å². The monoisotopic (exact) mass is 662 g/mol. The Morgan fingerprint density at radius 1 is 0.327 bits per heavy atom. The molecule has 0 aliphatic carbocycles. The molecule has 0 amide bonds. The molecule has 9 aromatic carbocycles. The second-order valence-electron chi connectivity index (χ2n) is 13.4. The van der Waals surface area contributed by atoms with Crippen LogP contribution in [0.5, 0.6) is 0 Å². The molecule has 10 aromatic rings. The number of para-hydroxylation sites is 3. The summed E-state index contributed by atoms with van der Waals surface area (Å²) in [4.78, 5) is 0. The molecule has 0 bridgehead atoms. The van der Waals surface area contributed by atoms with E-state index in [4.69, 9.17) is 0 Å². The Morgan fingerprint density at radius 2 is 0.846 bits per heavy atom. The van der Waals surface area contributed by atoms with Crippen LogP contribution >= 0.6 is 0 Å².